The predicted octanol–water partition coefficient (Wildman–Crippen LogP) is 5.24. The number of H-pyrrole nitrogens is 1. The maximum atomic E-state index is 9.98. The SMILES string of the molecule is C[C@H](Cc1c[nH]c2c(OCc3ccccc3)cccc12)Nc1ncccc1[C@@H](C)O. The summed E-state index contributed by atoms with van der Waals surface area (Å²) in [6.07, 6.45) is 4.04. The lowest BCUT2D eigenvalue weighted by molar-refractivity contribution is 0.199. The van der Waals surface area contributed by atoms with Crippen molar-refractivity contribution < 1.29 is 9.84 Å². The molecule has 0 aliphatic carbocycles. The maximum Gasteiger partial charge on any atom is 0.143 e. The molecule has 2 heterocycles. The van der Waals surface area contributed by atoms with Gasteiger partial charge in [0.1, 0.15) is 18.2 Å². The zero-order valence-corrected chi connectivity index (χ0v) is 17.3. The molecule has 0 unspecified atom stereocenters. The van der Waals surface area contributed by atoms with Crippen LogP contribution in [0, 0.1) is 0 Å². The number of aromatic nitrogens is 2. The standard InChI is InChI=1S/C25H27N3O2/c1-17(28-25-21(18(2)29)11-7-13-26-25)14-20-15-27-24-22(20)10-6-12-23(24)30-16-19-8-4-3-5-9-19/h3-13,15,17-18,27,29H,14,16H2,1-2H3,(H,26,28)/t17-,18-/m1/s1. The molecule has 0 amide bonds. The van der Waals surface area contributed by atoms with E-state index in [0.29, 0.717) is 6.61 Å². The van der Waals surface area contributed by atoms with Gasteiger partial charge in [-0.1, -0.05) is 48.5 Å². The molecule has 2 aromatic heterocycles. The van der Waals surface area contributed by atoms with Crippen LogP contribution in [0.1, 0.15) is 36.6 Å². The molecular formula is C25H27N3O2. The number of ether oxygens (including phenoxy) is 1. The minimum Gasteiger partial charge on any atom is -0.487 e. The summed E-state index contributed by atoms with van der Waals surface area (Å²) in [6.45, 7) is 4.41. The van der Waals surface area contributed by atoms with E-state index >= 15 is 0 Å². The van der Waals surface area contributed by atoms with Gasteiger partial charge < -0.3 is 20.1 Å². The van der Waals surface area contributed by atoms with Crippen molar-refractivity contribution in [1.29, 1.82) is 0 Å². The summed E-state index contributed by atoms with van der Waals surface area (Å²) in [5.41, 5.74) is 4.17. The van der Waals surface area contributed by atoms with E-state index in [9.17, 15) is 5.11 Å². The molecule has 0 saturated heterocycles. The molecule has 0 spiro atoms. The second kappa shape index (κ2) is 9.01. The molecule has 0 bridgehead atoms. The Labute approximate surface area is 176 Å². The Morgan fingerprint density at radius 2 is 1.87 bits per heavy atom. The van der Waals surface area contributed by atoms with Crippen molar-refractivity contribution in [1.82, 2.24) is 9.97 Å². The number of nitrogens with one attached hydrogen (secondary N) is 2. The van der Waals surface area contributed by atoms with Gasteiger partial charge in [-0.25, -0.2) is 4.98 Å². The fourth-order valence-corrected chi connectivity index (χ4v) is 3.70. The highest BCUT2D eigenvalue weighted by molar-refractivity contribution is 5.88. The van der Waals surface area contributed by atoms with E-state index in [0.717, 1.165) is 40.0 Å². The smallest absolute Gasteiger partial charge is 0.143 e. The molecular weight excluding hydrogens is 374 g/mol. The Bertz CT molecular complexity index is 1110. The fourth-order valence-electron chi connectivity index (χ4n) is 3.70. The molecule has 4 rings (SSSR count). The molecule has 3 N–H and O–H groups in total. The number of hydrogen-bond acceptors (Lipinski definition) is 4. The minimum atomic E-state index is -0.564. The average Bonchev–Trinajstić information content (AvgIpc) is 3.16. The molecule has 0 aliphatic heterocycles. The Balaban J connectivity index is 1.49. The molecule has 0 fully saturated rings. The van der Waals surface area contributed by atoms with Crippen molar-refractivity contribution in [2.45, 2.75) is 39.0 Å². The lowest BCUT2D eigenvalue weighted by atomic mass is 10.1. The van der Waals surface area contributed by atoms with Crippen LogP contribution >= 0.6 is 0 Å². The van der Waals surface area contributed by atoms with Gasteiger partial charge in [0.15, 0.2) is 0 Å². The van der Waals surface area contributed by atoms with E-state index in [1.54, 1.807) is 13.1 Å². The third kappa shape index (κ3) is 4.47. The third-order valence-electron chi connectivity index (χ3n) is 5.20. The van der Waals surface area contributed by atoms with Gasteiger partial charge in [0.05, 0.1) is 11.6 Å². The zero-order chi connectivity index (χ0) is 20.9. The van der Waals surface area contributed by atoms with Gasteiger partial charge in [0.25, 0.3) is 0 Å². The number of aliphatic hydroxyl groups is 1. The summed E-state index contributed by atoms with van der Waals surface area (Å²) >= 11 is 0. The third-order valence-corrected chi connectivity index (χ3v) is 5.20. The van der Waals surface area contributed by atoms with Gasteiger partial charge in [-0.15, -0.1) is 0 Å². The topological polar surface area (TPSA) is 70.2 Å². The van der Waals surface area contributed by atoms with Gasteiger partial charge in [-0.05, 0) is 43.5 Å². The van der Waals surface area contributed by atoms with Crippen LogP contribution in [0.3, 0.4) is 0 Å². The Morgan fingerprint density at radius 3 is 2.67 bits per heavy atom. The number of para-hydroxylation sites is 1. The van der Waals surface area contributed by atoms with Gasteiger partial charge in [-0.2, -0.15) is 0 Å². The van der Waals surface area contributed by atoms with Crippen LogP contribution in [-0.2, 0) is 13.0 Å². The quantitative estimate of drug-likeness (QED) is 0.378. The first-order valence-corrected chi connectivity index (χ1v) is 10.3. The lowest BCUT2D eigenvalue weighted by Gasteiger charge is -2.18. The molecule has 0 radical (unpaired) electrons. The van der Waals surface area contributed by atoms with Crippen molar-refractivity contribution in [3.63, 3.8) is 0 Å². The lowest BCUT2D eigenvalue weighted by Crippen LogP contribution is -2.20. The van der Waals surface area contributed by atoms with Crippen LogP contribution < -0.4 is 10.1 Å². The summed E-state index contributed by atoms with van der Waals surface area (Å²) in [5.74, 6) is 1.58. The van der Waals surface area contributed by atoms with E-state index in [4.69, 9.17) is 4.74 Å². The van der Waals surface area contributed by atoms with Gasteiger partial charge in [-0.3, -0.25) is 0 Å². The van der Waals surface area contributed by atoms with Gasteiger partial charge in [0, 0.05) is 29.4 Å². The monoisotopic (exact) mass is 401 g/mol. The first kappa shape index (κ1) is 20.0. The molecule has 154 valence electrons. The number of aliphatic hydroxyl groups excluding tert-OH is 1. The summed E-state index contributed by atoms with van der Waals surface area (Å²) < 4.78 is 6.08. The Morgan fingerprint density at radius 1 is 1.03 bits per heavy atom. The average molecular weight is 402 g/mol. The van der Waals surface area contributed by atoms with E-state index < -0.39 is 6.10 Å². The van der Waals surface area contributed by atoms with E-state index in [-0.39, 0.29) is 6.04 Å². The first-order chi connectivity index (χ1) is 14.6. The van der Waals surface area contributed by atoms with Gasteiger partial charge >= 0.3 is 0 Å². The summed E-state index contributed by atoms with van der Waals surface area (Å²) in [7, 11) is 0. The van der Waals surface area contributed by atoms with Crippen LogP contribution in [0.2, 0.25) is 0 Å². The molecule has 2 atom stereocenters. The highest BCUT2D eigenvalue weighted by Gasteiger charge is 2.14. The van der Waals surface area contributed by atoms with Crippen LogP contribution in [0.15, 0.2) is 73.1 Å². The number of pyridine rings is 1. The van der Waals surface area contributed by atoms with Crippen LogP contribution in [0.25, 0.3) is 10.9 Å². The first-order valence-electron chi connectivity index (χ1n) is 10.3. The number of aromatic amines is 1. The van der Waals surface area contributed by atoms with E-state index in [2.05, 4.69) is 40.4 Å². The predicted molar refractivity (Wildman–Crippen MR) is 121 cm³/mol. The molecule has 5 heteroatoms. The zero-order valence-electron chi connectivity index (χ0n) is 17.3. The van der Waals surface area contributed by atoms with Crippen molar-refractivity contribution in [2.24, 2.45) is 0 Å². The van der Waals surface area contributed by atoms with Crippen LogP contribution in [-0.4, -0.2) is 21.1 Å². The number of rotatable bonds is 8. The van der Waals surface area contributed by atoms with Crippen molar-refractivity contribution in [3.05, 3.63) is 89.7 Å². The van der Waals surface area contributed by atoms with Crippen molar-refractivity contribution >= 4 is 16.7 Å². The van der Waals surface area contributed by atoms with Crippen molar-refractivity contribution in [2.75, 3.05) is 5.32 Å². The van der Waals surface area contributed by atoms with Crippen LogP contribution in [0.5, 0.6) is 5.75 Å². The van der Waals surface area contributed by atoms with Crippen LogP contribution in [0.4, 0.5) is 5.82 Å². The largest absolute Gasteiger partial charge is 0.487 e. The molecule has 2 aromatic carbocycles. The second-order valence-corrected chi connectivity index (χ2v) is 7.63. The number of hydrogen-bond donors (Lipinski definition) is 3. The number of benzene rings is 2. The molecule has 0 aliphatic rings. The summed E-state index contributed by atoms with van der Waals surface area (Å²) in [6, 6.07) is 20.2. The second-order valence-electron chi connectivity index (χ2n) is 7.63. The van der Waals surface area contributed by atoms with E-state index in [1.165, 1.54) is 5.56 Å². The molecule has 4 aromatic rings. The van der Waals surface area contributed by atoms with Gasteiger partial charge in [0.2, 0.25) is 0 Å². The normalized spacial score (nSPS) is 13.2. The summed E-state index contributed by atoms with van der Waals surface area (Å²) in [5, 5.41) is 14.6. The minimum absolute atomic E-state index is 0.144. The number of nitrogens with zero attached hydrogens (tertiary/aromatic N) is 1. The highest BCUT2D eigenvalue weighted by Crippen LogP contribution is 2.29. The van der Waals surface area contributed by atoms with E-state index in [1.807, 2.05) is 48.7 Å². The number of fused-ring (bicyclic) bond motifs is 1. The maximum absolute atomic E-state index is 9.98. The molecule has 30 heavy (non-hydrogen) atoms. The number of anilines is 1. The highest BCUT2D eigenvalue weighted by atomic mass is 16.5. The Hall–Kier alpha value is -3.31. The molecule has 5 nitrogen and oxygen atoms in total. The van der Waals surface area contributed by atoms with Crippen molar-refractivity contribution in [3.8, 4) is 5.75 Å². The fraction of sp³-hybridized carbons (Fsp3) is 0.240. The molecule has 0 saturated carbocycles. The Kier molecular flexibility index (Phi) is 6.00. The summed E-state index contributed by atoms with van der Waals surface area (Å²) in [4.78, 5) is 7.78.